The summed E-state index contributed by atoms with van der Waals surface area (Å²) < 4.78 is 4.73. The van der Waals surface area contributed by atoms with Gasteiger partial charge in [-0.15, -0.1) is 5.10 Å². The molecule has 28 heavy (non-hydrogen) atoms. The number of hydrogen-bond donors (Lipinski definition) is 2. The zero-order chi connectivity index (χ0) is 19.9. The summed E-state index contributed by atoms with van der Waals surface area (Å²) in [4.78, 5) is 28.4. The number of aromatic nitrogens is 3. The van der Waals surface area contributed by atoms with Gasteiger partial charge >= 0.3 is 5.97 Å². The van der Waals surface area contributed by atoms with Gasteiger partial charge in [0.25, 0.3) is 0 Å². The largest absolute Gasteiger partial charge is 0.465 e. The van der Waals surface area contributed by atoms with Crippen molar-refractivity contribution in [1.29, 1.82) is 0 Å². The Balaban J connectivity index is 1.60. The number of nitrogens with one attached hydrogen (secondary N) is 2. The Kier molecular flexibility index (Phi) is 6.44. The maximum Gasteiger partial charge on any atom is 0.339 e. The first-order chi connectivity index (χ1) is 13.6. The standard InChI is InChI=1S/C20H20N4O3S/c1-3-13-8-10-14(11-9-13)18-22-20(24-23-18)28-12-17(25)21-16-7-5-4-6-15(16)19(26)27-2/h4-11H,3,12H2,1-2H3,(H,21,25)(H,22,23,24). The third-order valence-electron chi connectivity index (χ3n) is 4.04. The van der Waals surface area contributed by atoms with E-state index in [9.17, 15) is 9.59 Å². The number of benzene rings is 2. The van der Waals surface area contributed by atoms with Crippen LogP contribution in [0.2, 0.25) is 0 Å². The fraction of sp³-hybridized carbons (Fsp3) is 0.200. The van der Waals surface area contributed by atoms with Crippen molar-refractivity contribution in [3.05, 3.63) is 59.7 Å². The first-order valence-corrected chi connectivity index (χ1v) is 9.71. The van der Waals surface area contributed by atoms with Crippen molar-refractivity contribution in [2.45, 2.75) is 18.5 Å². The summed E-state index contributed by atoms with van der Waals surface area (Å²) in [7, 11) is 1.30. The smallest absolute Gasteiger partial charge is 0.339 e. The van der Waals surface area contributed by atoms with Crippen LogP contribution >= 0.6 is 11.8 Å². The van der Waals surface area contributed by atoms with Crippen molar-refractivity contribution < 1.29 is 14.3 Å². The topological polar surface area (TPSA) is 97.0 Å². The predicted molar refractivity (Wildman–Crippen MR) is 108 cm³/mol. The molecular formula is C20H20N4O3S. The van der Waals surface area contributed by atoms with Crippen LogP contribution in [0, 0.1) is 0 Å². The number of ether oxygens (including phenoxy) is 1. The van der Waals surface area contributed by atoms with Gasteiger partial charge in [-0.25, -0.2) is 9.78 Å². The Morgan fingerprint density at radius 1 is 1.14 bits per heavy atom. The highest BCUT2D eigenvalue weighted by atomic mass is 32.2. The fourth-order valence-corrected chi connectivity index (χ4v) is 3.13. The van der Waals surface area contributed by atoms with Gasteiger partial charge in [0, 0.05) is 5.56 Å². The third kappa shape index (κ3) is 4.77. The van der Waals surface area contributed by atoms with E-state index in [-0.39, 0.29) is 11.7 Å². The predicted octanol–water partition coefficient (Wildman–Crippen LogP) is 3.55. The molecular weight excluding hydrogens is 376 g/mol. The van der Waals surface area contributed by atoms with Crippen LogP contribution in [0.1, 0.15) is 22.8 Å². The number of esters is 1. The second kappa shape index (κ2) is 9.18. The van der Waals surface area contributed by atoms with Gasteiger partial charge in [0.1, 0.15) is 0 Å². The summed E-state index contributed by atoms with van der Waals surface area (Å²) in [6, 6.07) is 14.8. The number of aryl methyl sites for hydroxylation is 1. The monoisotopic (exact) mass is 396 g/mol. The lowest BCUT2D eigenvalue weighted by molar-refractivity contribution is -0.113. The van der Waals surface area contributed by atoms with Gasteiger partial charge in [0.15, 0.2) is 5.82 Å². The number of amides is 1. The van der Waals surface area contributed by atoms with Crippen LogP contribution in [-0.4, -0.2) is 39.9 Å². The average Bonchev–Trinajstić information content (AvgIpc) is 3.21. The Labute approximate surface area is 166 Å². The lowest BCUT2D eigenvalue weighted by Gasteiger charge is -2.08. The number of nitrogens with zero attached hydrogens (tertiary/aromatic N) is 2. The molecule has 0 spiro atoms. The summed E-state index contributed by atoms with van der Waals surface area (Å²) in [5.41, 5.74) is 2.90. The van der Waals surface area contributed by atoms with E-state index in [2.05, 4.69) is 39.6 Å². The number of thioether (sulfide) groups is 1. The molecule has 0 unspecified atom stereocenters. The molecule has 1 aromatic heterocycles. The number of methoxy groups -OCH3 is 1. The van der Waals surface area contributed by atoms with Crippen molar-refractivity contribution in [1.82, 2.24) is 15.2 Å². The molecule has 1 amide bonds. The Morgan fingerprint density at radius 2 is 1.89 bits per heavy atom. The molecule has 8 heteroatoms. The minimum atomic E-state index is -0.503. The van der Waals surface area contributed by atoms with E-state index in [4.69, 9.17) is 4.74 Å². The van der Waals surface area contributed by atoms with E-state index in [0.717, 1.165) is 12.0 Å². The fourth-order valence-electron chi connectivity index (χ4n) is 2.53. The second-order valence-corrected chi connectivity index (χ2v) is 6.83. The minimum Gasteiger partial charge on any atom is -0.465 e. The molecule has 0 saturated heterocycles. The average molecular weight is 396 g/mol. The molecule has 0 atom stereocenters. The van der Waals surface area contributed by atoms with Gasteiger partial charge in [-0.3, -0.25) is 9.89 Å². The number of H-pyrrole nitrogens is 1. The SMILES string of the molecule is CCc1ccc(-c2nc(SCC(=O)Nc3ccccc3C(=O)OC)n[nH]2)cc1. The van der Waals surface area contributed by atoms with Crippen LogP contribution in [0.5, 0.6) is 0 Å². The van der Waals surface area contributed by atoms with Crippen LogP contribution in [0.3, 0.4) is 0 Å². The summed E-state index contributed by atoms with van der Waals surface area (Å²) >= 11 is 1.21. The van der Waals surface area contributed by atoms with Crippen molar-refractivity contribution >= 4 is 29.3 Å². The van der Waals surface area contributed by atoms with Gasteiger partial charge in [0.05, 0.1) is 24.1 Å². The second-order valence-electron chi connectivity index (χ2n) is 5.89. The first-order valence-electron chi connectivity index (χ1n) is 8.72. The number of aromatic amines is 1. The minimum absolute atomic E-state index is 0.113. The molecule has 0 radical (unpaired) electrons. The first kappa shape index (κ1) is 19.6. The van der Waals surface area contributed by atoms with Gasteiger partial charge in [0.2, 0.25) is 11.1 Å². The maximum atomic E-state index is 12.2. The van der Waals surface area contributed by atoms with Crippen molar-refractivity contribution in [2.24, 2.45) is 0 Å². The molecule has 0 saturated carbocycles. The molecule has 2 aromatic carbocycles. The van der Waals surface area contributed by atoms with Crippen LogP contribution < -0.4 is 5.32 Å². The normalized spacial score (nSPS) is 10.5. The molecule has 0 bridgehead atoms. The number of carbonyl (C=O) groups excluding carboxylic acids is 2. The van der Waals surface area contributed by atoms with Gasteiger partial charge in [-0.05, 0) is 24.1 Å². The van der Waals surface area contributed by atoms with Gasteiger partial charge in [-0.1, -0.05) is 55.1 Å². The van der Waals surface area contributed by atoms with Crippen LogP contribution in [0.15, 0.2) is 53.7 Å². The molecule has 0 aliphatic rings. The number of hydrogen-bond acceptors (Lipinski definition) is 6. The Bertz CT molecular complexity index is 970. The highest BCUT2D eigenvalue weighted by Crippen LogP contribution is 2.21. The number of rotatable bonds is 7. The zero-order valence-corrected chi connectivity index (χ0v) is 16.4. The number of para-hydroxylation sites is 1. The number of anilines is 1. The van der Waals surface area contributed by atoms with Crippen molar-refractivity contribution in [2.75, 3.05) is 18.2 Å². The van der Waals surface area contributed by atoms with E-state index < -0.39 is 5.97 Å². The third-order valence-corrected chi connectivity index (χ3v) is 4.89. The highest BCUT2D eigenvalue weighted by molar-refractivity contribution is 7.99. The van der Waals surface area contributed by atoms with Gasteiger partial charge in [-0.2, -0.15) is 0 Å². The molecule has 1 heterocycles. The Morgan fingerprint density at radius 3 is 2.61 bits per heavy atom. The quantitative estimate of drug-likeness (QED) is 0.468. The molecule has 7 nitrogen and oxygen atoms in total. The summed E-state index contributed by atoms with van der Waals surface area (Å²) in [5, 5.41) is 10.2. The zero-order valence-electron chi connectivity index (χ0n) is 15.6. The molecule has 144 valence electrons. The van der Waals surface area contributed by atoms with E-state index in [0.29, 0.717) is 22.2 Å². The van der Waals surface area contributed by atoms with Crippen LogP contribution in [0.4, 0.5) is 5.69 Å². The summed E-state index contributed by atoms with van der Waals surface area (Å²) in [6.07, 6.45) is 0.978. The van der Waals surface area contributed by atoms with Crippen molar-refractivity contribution in [3.8, 4) is 11.4 Å². The summed E-state index contributed by atoms with van der Waals surface area (Å²) in [6.45, 7) is 2.10. The van der Waals surface area contributed by atoms with Crippen LogP contribution in [-0.2, 0) is 16.0 Å². The molecule has 3 aromatic rings. The molecule has 0 aliphatic heterocycles. The van der Waals surface area contributed by atoms with E-state index >= 15 is 0 Å². The molecule has 0 fully saturated rings. The summed E-state index contributed by atoms with van der Waals surface area (Å²) in [5.74, 6) is -0.000427. The van der Waals surface area contributed by atoms with E-state index in [1.807, 2.05) is 12.1 Å². The maximum absolute atomic E-state index is 12.2. The Hall–Kier alpha value is -3.13. The molecule has 0 aliphatic carbocycles. The molecule has 3 rings (SSSR count). The van der Waals surface area contributed by atoms with E-state index in [1.165, 1.54) is 24.4 Å². The van der Waals surface area contributed by atoms with E-state index in [1.54, 1.807) is 24.3 Å². The van der Waals surface area contributed by atoms with Crippen LogP contribution in [0.25, 0.3) is 11.4 Å². The highest BCUT2D eigenvalue weighted by Gasteiger charge is 2.14. The van der Waals surface area contributed by atoms with Gasteiger partial charge < -0.3 is 10.1 Å². The van der Waals surface area contributed by atoms with Crippen molar-refractivity contribution in [3.63, 3.8) is 0 Å². The number of carbonyl (C=O) groups is 2. The lowest BCUT2D eigenvalue weighted by atomic mass is 10.1. The molecule has 2 N–H and O–H groups in total. The lowest BCUT2D eigenvalue weighted by Crippen LogP contribution is -2.17.